The van der Waals surface area contributed by atoms with Gasteiger partial charge in [-0.05, 0) is 37.6 Å². The van der Waals surface area contributed by atoms with Gasteiger partial charge < -0.3 is 10.1 Å². The molecule has 0 aromatic heterocycles. The van der Waals surface area contributed by atoms with Crippen LogP contribution in [0, 0.1) is 0 Å². The van der Waals surface area contributed by atoms with E-state index in [1.165, 1.54) is 0 Å². The minimum atomic E-state index is -3.41. The number of ether oxygens (including phenoxy) is 1. The quantitative estimate of drug-likeness (QED) is 0.783. The predicted octanol–water partition coefficient (Wildman–Crippen LogP) is 1.21. The highest BCUT2D eigenvalue weighted by Gasteiger charge is 2.37. The van der Waals surface area contributed by atoms with Crippen LogP contribution in [0.3, 0.4) is 0 Å². The molecule has 20 heavy (non-hydrogen) atoms. The molecule has 0 aliphatic heterocycles. The fourth-order valence-corrected chi connectivity index (χ4v) is 3.83. The summed E-state index contributed by atoms with van der Waals surface area (Å²) in [5.41, 5.74) is 1.07. The smallest absolute Gasteiger partial charge is 0.243 e. The average molecular weight is 298 g/mol. The van der Waals surface area contributed by atoms with Crippen molar-refractivity contribution in [2.24, 2.45) is 0 Å². The highest BCUT2D eigenvalue weighted by Crippen LogP contribution is 2.31. The summed E-state index contributed by atoms with van der Waals surface area (Å²) in [5, 5.41) is 3.04. The van der Waals surface area contributed by atoms with Gasteiger partial charge in [0.2, 0.25) is 10.0 Å². The van der Waals surface area contributed by atoms with Gasteiger partial charge in [-0.2, -0.15) is 4.31 Å². The van der Waals surface area contributed by atoms with Crippen LogP contribution in [-0.4, -0.2) is 46.1 Å². The molecule has 1 N–H and O–H groups in total. The summed E-state index contributed by atoms with van der Waals surface area (Å²) in [6.45, 7) is 1.58. The van der Waals surface area contributed by atoms with Gasteiger partial charge in [0.05, 0.1) is 11.5 Å². The van der Waals surface area contributed by atoms with Crippen LogP contribution in [0.1, 0.15) is 18.4 Å². The van der Waals surface area contributed by atoms with Crippen LogP contribution < -0.4 is 5.32 Å². The first-order valence-corrected chi connectivity index (χ1v) is 8.28. The number of methoxy groups -OCH3 is 1. The summed E-state index contributed by atoms with van der Waals surface area (Å²) < 4.78 is 31.9. The summed E-state index contributed by atoms with van der Waals surface area (Å²) in [7, 11) is 0.0440. The Morgan fingerprint density at radius 2 is 1.95 bits per heavy atom. The molecule has 1 aromatic carbocycles. The third-order valence-electron chi connectivity index (χ3n) is 3.38. The first kappa shape index (κ1) is 15.4. The van der Waals surface area contributed by atoms with Gasteiger partial charge in [0.25, 0.3) is 0 Å². The standard InChI is InChI=1S/C14H22N2O3S/c1-15-11-12-3-7-14(8-4-12)20(17,18)16(9-10-19-2)13-5-6-13/h3-4,7-8,13,15H,5-6,9-11H2,1-2H3. The minimum Gasteiger partial charge on any atom is -0.383 e. The monoisotopic (exact) mass is 298 g/mol. The second-order valence-electron chi connectivity index (χ2n) is 5.01. The zero-order valence-corrected chi connectivity index (χ0v) is 12.8. The molecule has 1 fully saturated rings. The number of nitrogens with zero attached hydrogens (tertiary/aromatic N) is 1. The van der Waals surface area contributed by atoms with Gasteiger partial charge in [0.15, 0.2) is 0 Å². The number of benzene rings is 1. The fraction of sp³-hybridized carbons (Fsp3) is 0.571. The maximum absolute atomic E-state index is 12.6. The van der Waals surface area contributed by atoms with Crippen molar-refractivity contribution in [2.45, 2.75) is 30.3 Å². The van der Waals surface area contributed by atoms with Gasteiger partial charge >= 0.3 is 0 Å². The lowest BCUT2D eigenvalue weighted by atomic mass is 10.2. The molecule has 0 bridgehead atoms. The zero-order valence-electron chi connectivity index (χ0n) is 12.0. The molecule has 0 heterocycles. The van der Waals surface area contributed by atoms with Crippen molar-refractivity contribution in [3.63, 3.8) is 0 Å². The van der Waals surface area contributed by atoms with Gasteiger partial charge in [-0.25, -0.2) is 8.42 Å². The summed E-state index contributed by atoms with van der Waals surface area (Å²) in [6.07, 6.45) is 1.89. The molecule has 0 unspecified atom stereocenters. The second-order valence-corrected chi connectivity index (χ2v) is 6.90. The Balaban J connectivity index is 2.18. The molecule has 1 aliphatic carbocycles. The number of sulfonamides is 1. The Morgan fingerprint density at radius 1 is 1.30 bits per heavy atom. The Bertz CT molecular complexity index is 524. The second kappa shape index (κ2) is 6.67. The first-order chi connectivity index (χ1) is 9.59. The molecule has 112 valence electrons. The maximum atomic E-state index is 12.6. The van der Waals surface area contributed by atoms with Gasteiger partial charge in [-0.3, -0.25) is 0 Å². The molecule has 0 saturated heterocycles. The Labute approximate surface area is 121 Å². The van der Waals surface area contributed by atoms with Crippen molar-refractivity contribution >= 4 is 10.0 Å². The summed E-state index contributed by atoms with van der Waals surface area (Å²) >= 11 is 0. The van der Waals surface area contributed by atoms with Crippen LogP contribution in [0.4, 0.5) is 0 Å². The third kappa shape index (κ3) is 3.58. The van der Waals surface area contributed by atoms with E-state index in [0.29, 0.717) is 18.0 Å². The van der Waals surface area contributed by atoms with Gasteiger partial charge in [-0.1, -0.05) is 12.1 Å². The third-order valence-corrected chi connectivity index (χ3v) is 5.35. The van der Waals surface area contributed by atoms with E-state index in [0.717, 1.165) is 24.9 Å². The van der Waals surface area contributed by atoms with Crippen LogP contribution in [0.5, 0.6) is 0 Å². The van der Waals surface area contributed by atoms with Crippen molar-refractivity contribution in [3.8, 4) is 0 Å². The van der Waals surface area contributed by atoms with Gasteiger partial charge in [0.1, 0.15) is 0 Å². The van der Waals surface area contributed by atoms with E-state index in [2.05, 4.69) is 5.32 Å². The average Bonchev–Trinajstić information content (AvgIpc) is 3.24. The van der Waals surface area contributed by atoms with Crippen LogP contribution in [0.15, 0.2) is 29.2 Å². The van der Waals surface area contributed by atoms with Crippen molar-refractivity contribution in [1.82, 2.24) is 9.62 Å². The Morgan fingerprint density at radius 3 is 2.45 bits per heavy atom. The van der Waals surface area contributed by atoms with E-state index in [1.54, 1.807) is 23.5 Å². The molecule has 5 nitrogen and oxygen atoms in total. The number of rotatable bonds is 8. The first-order valence-electron chi connectivity index (χ1n) is 6.84. The van der Waals surface area contributed by atoms with E-state index in [1.807, 2.05) is 19.2 Å². The molecule has 1 aromatic rings. The SMILES string of the molecule is CNCc1ccc(S(=O)(=O)N(CCOC)C2CC2)cc1. The van der Waals surface area contributed by atoms with Crippen molar-refractivity contribution in [2.75, 3.05) is 27.3 Å². The normalized spacial score (nSPS) is 15.8. The number of nitrogens with one attached hydrogen (secondary N) is 1. The van der Waals surface area contributed by atoms with Crippen molar-refractivity contribution in [1.29, 1.82) is 0 Å². The van der Waals surface area contributed by atoms with E-state index < -0.39 is 10.0 Å². The largest absolute Gasteiger partial charge is 0.383 e. The molecule has 1 aliphatic rings. The molecular weight excluding hydrogens is 276 g/mol. The van der Waals surface area contributed by atoms with Crippen molar-refractivity contribution < 1.29 is 13.2 Å². The zero-order chi connectivity index (χ0) is 14.6. The summed E-state index contributed by atoms with van der Waals surface area (Å²) in [5.74, 6) is 0. The molecule has 0 atom stereocenters. The molecular formula is C14H22N2O3S. The van der Waals surface area contributed by atoms with Crippen LogP contribution in [0.25, 0.3) is 0 Å². The van der Waals surface area contributed by atoms with Crippen LogP contribution >= 0.6 is 0 Å². The fourth-order valence-electron chi connectivity index (χ4n) is 2.16. The number of hydrogen-bond acceptors (Lipinski definition) is 4. The molecule has 0 spiro atoms. The summed E-state index contributed by atoms with van der Waals surface area (Å²) in [4.78, 5) is 0.361. The lowest BCUT2D eigenvalue weighted by Crippen LogP contribution is -2.35. The highest BCUT2D eigenvalue weighted by atomic mass is 32.2. The predicted molar refractivity (Wildman–Crippen MR) is 78.0 cm³/mol. The Hall–Kier alpha value is -0.950. The van der Waals surface area contributed by atoms with E-state index in [4.69, 9.17) is 4.74 Å². The van der Waals surface area contributed by atoms with E-state index in [9.17, 15) is 8.42 Å². The minimum absolute atomic E-state index is 0.145. The molecule has 6 heteroatoms. The summed E-state index contributed by atoms with van der Waals surface area (Å²) in [6, 6.07) is 7.22. The maximum Gasteiger partial charge on any atom is 0.243 e. The van der Waals surface area contributed by atoms with E-state index in [-0.39, 0.29) is 6.04 Å². The Kier molecular flexibility index (Phi) is 5.15. The lowest BCUT2D eigenvalue weighted by Gasteiger charge is -2.21. The number of hydrogen-bond donors (Lipinski definition) is 1. The topological polar surface area (TPSA) is 58.6 Å². The van der Waals surface area contributed by atoms with Gasteiger partial charge in [-0.15, -0.1) is 0 Å². The van der Waals surface area contributed by atoms with E-state index >= 15 is 0 Å². The molecule has 1 saturated carbocycles. The van der Waals surface area contributed by atoms with Gasteiger partial charge in [0, 0.05) is 26.2 Å². The van der Waals surface area contributed by atoms with Crippen LogP contribution in [-0.2, 0) is 21.3 Å². The molecule has 0 amide bonds. The molecule has 0 radical (unpaired) electrons. The molecule has 2 rings (SSSR count). The highest BCUT2D eigenvalue weighted by molar-refractivity contribution is 7.89. The van der Waals surface area contributed by atoms with Crippen molar-refractivity contribution in [3.05, 3.63) is 29.8 Å². The lowest BCUT2D eigenvalue weighted by molar-refractivity contribution is 0.177. The van der Waals surface area contributed by atoms with Crippen LogP contribution in [0.2, 0.25) is 0 Å².